The molecule has 0 heterocycles. The van der Waals surface area contributed by atoms with Crippen molar-refractivity contribution in [3.63, 3.8) is 0 Å². The molecule has 0 spiro atoms. The number of hydrogen-bond donors (Lipinski definition) is 1. The molecule has 1 N–H and O–H groups in total. The van der Waals surface area contributed by atoms with Crippen molar-refractivity contribution in [1.82, 2.24) is 0 Å². The maximum atomic E-state index is 12.6. The van der Waals surface area contributed by atoms with Crippen LogP contribution in [0.2, 0.25) is 10.0 Å². The fourth-order valence-corrected chi connectivity index (χ4v) is 4.02. The van der Waals surface area contributed by atoms with E-state index in [4.69, 9.17) is 23.2 Å². The average Bonchev–Trinajstić information content (AvgIpc) is 2.60. The van der Waals surface area contributed by atoms with Crippen LogP contribution in [-0.4, -0.2) is 8.42 Å². The molecule has 3 nitrogen and oxygen atoms in total. The Bertz CT molecular complexity index is 996. The Hall–Kier alpha value is -2.01. The summed E-state index contributed by atoms with van der Waals surface area (Å²) in [5.74, 6) is 0. The van der Waals surface area contributed by atoms with Crippen LogP contribution in [0.5, 0.6) is 0 Å². The predicted molar refractivity (Wildman–Crippen MR) is 104 cm³/mol. The van der Waals surface area contributed by atoms with Crippen LogP contribution in [0.15, 0.2) is 71.6 Å². The van der Waals surface area contributed by atoms with E-state index in [1.165, 1.54) is 0 Å². The van der Waals surface area contributed by atoms with Crippen molar-refractivity contribution >= 4 is 38.9 Å². The molecule has 0 fully saturated rings. The summed E-state index contributed by atoms with van der Waals surface area (Å²) in [7, 11) is -3.69. The summed E-state index contributed by atoms with van der Waals surface area (Å²) in [5, 5.41) is 1.06. The summed E-state index contributed by atoms with van der Waals surface area (Å²) in [4.78, 5) is 0.199. The SMILES string of the molecule is Cc1c(Cl)cc(-c2ccccc2NS(=O)(=O)c2ccccc2)cc1Cl. The predicted octanol–water partition coefficient (Wildman–Crippen LogP) is 5.77. The molecule has 0 aromatic heterocycles. The Morgan fingerprint density at radius 2 is 1.40 bits per heavy atom. The summed E-state index contributed by atoms with van der Waals surface area (Å²) < 4.78 is 27.9. The molecule has 0 bridgehead atoms. The molecule has 0 amide bonds. The molecular formula is C19H15Cl2NO2S. The molecule has 0 aliphatic heterocycles. The van der Waals surface area contributed by atoms with E-state index < -0.39 is 10.0 Å². The number of sulfonamides is 1. The Morgan fingerprint density at radius 1 is 0.840 bits per heavy atom. The van der Waals surface area contributed by atoms with Crippen molar-refractivity contribution in [3.8, 4) is 11.1 Å². The number of halogens is 2. The first-order valence-corrected chi connectivity index (χ1v) is 9.75. The number of para-hydroxylation sites is 1. The Balaban J connectivity index is 2.06. The van der Waals surface area contributed by atoms with Gasteiger partial charge in [-0.1, -0.05) is 59.6 Å². The van der Waals surface area contributed by atoms with E-state index in [0.29, 0.717) is 21.3 Å². The lowest BCUT2D eigenvalue weighted by Crippen LogP contribution is -2.13. The Morgan fingerprint density at radius 3 is 2.04 bits per heavy atom. The molecule has 3 aromatic rings. The van der Waals surface area contributed by atoms with E-state index in [2.05, 4.69) is 4.72 Å². The van der Waals surface area contributed by atoms with E-state index in [-0.39, 0.29) is 4.90 Å². The van der Waals surface area contributed by atoms with Gasteiger partial charge in [0.1, 0.15) is 0 Å². The molecular weight excluding hydrogens is 377 g/mol. The molecule has 0 atom stereocenters. The number of hydrogen-bond acceptors (Lipinski definition) is 2. The lowest BCUT2D eigenvalue weighted by Gasteiger charge is -2.14. The number of benzene rings is 3. The Labute approximate surface area is 157 Å². The van der Waals surface area contributed by atoms with Crippen LogP contribution in [0, 0.1) is 6.92 Å². The molecule has 25 heavy (non-hydrogen) atoms. The van der Waals surface area contributed by atoms with Crippen molar-refractivity contribution in [2.45, 2.75) is 11.8 Å². The van der Waals surface area contributed by atoms with Crippen LogP contribution in [-0.2, 0) is 10.0 Å². The van der Waals surface area contributed by atoms with Gasteiger partial charge in [0.05, 0.1) is 10.6 Å². The zero-order valence-electron chi connectivity index (χ0n) is 13.3. The van der Waals surface area contributed by atoms with Crippen molar-refractivity contribution in [2.75, 3.05) is 4.72 Å². The van der Waals surface area contributed by atoms with Gasteiger partial charge in [0.25, 0.3) is 10.0 Å². The molecule has 6 heteroatoms. The van der Waals surface area contributed by atoms with E-state index in [1.54, 1.807) is 54.6 Å². The van der Waals surface area contributed by atoms with Crippen molar-refractivity contribution < 1.29 is 8.42 Å². The highest BCUT2D eigenvalue weighted by Gasteiger charge is 2.16. The van der Waals surface area contributed by atoms with Crippen LogP contribution < -0.4 is 4.72 Å². The third-order valence-electron chi connectivity index (χ3n) is 3.82. The monoisotopic (exact) mass is 391 g/mol. The topological polar surface area (TPSA) is 46.2 Å². The zero-order valence-corrected chi connectivity index (χ0v) is 15.7. The minimum absolute atomic E-state index is 0.199. The second kappa shape index (κ2) is 7.08. The number of nitrogens with one attached hydrogen (secondary N) is 1. The van der Waals surface area contributed by atoms with Crippen LogP contribution in [0.25, 0.3) is 11.1 Å². The summed E-state index contributed by atoms with van der Waals surface area (Å²) in [5.41, 5.74) is 2.69. The maximum absolute atomic E-state index is 12.6. The summed E-state index contributed by atoms with van der Waals surface area (Å²) in [6.07, 6.45) is 0. The zero-order chi connectivity index (χ0) is 18.0. The smallest absolute Gasteiger partial charge is 0.261 e. The summed E-state index contributed by atoms with van der Waals surface area (Å²) in [6, 6.07) is 18.9. The molecule has 3 rings (SSSR count). The largest absolute Gasteiger partial charge is 0.279 e. The molecule has 128 valence electrons. The van der Waals surface area contributed by atoms with Crippen LogP contribution in [0.4, 0.5) is 5.69 Å². The quantitative estimate of drug-likeness (QED) is 0.613. The second-order valence-electron chi connectivity index (χ2n) is 5.53. The van der Waals surface area contributed by atoms with Gasteiger partial charge in [0.15, 0.2) is 0 Å². The van der Waals surface area contributed by atoms with Gasteiger partial charge in [-0.2, -0.15) is 0 Å². The minimum atomic E-state index is -3.69. The first-order valence-electron chi connectivity index (χ1n) is 7.51. The lowest BCUT2D eigenvalue weighted by molar-refractivity contribution is 0.601. The molecule has 0 radical (unpaired) electrons. The normalized spacial score (nSPS) is 11.3. The highest BCUT2D eigenvalue weighted by Crippen LogP contribution is 2.35. The van der Waals surface area contributed by atoms with Crippen molar-refractivity contribution in [2.24, 2.45) is 0 Å². The standard InChI is InChI=1S/C19H15Cl2NO2S/c1-13-17(20)11-14(12-18(13)21)16-9-5-6-10-19(16)22-25(23,24)15-7-3-2-4-8-15/h2-12,22H,1H3. The van der Waals surface area contributed by atoms with E-state index in [9.17, 15) is 8.42 Å². The molecule has 0 unspecified atom stereocenters. The lowest BCUT2D eigenvalue weighted by atomic mass is 10.0. The van der Waals surface area contributed by atoms with Gasteiger partial charge in [-0.15, -0.1) is 0 Å². The maximum Gasteiger partial charge on any atom is 0.261 e. The molecule has 0 saturated heterocycles. The third kappa shape index (κ3) is 3.82. The minimum Gasteiger partial charge on any atom is -0.279 e. The van der Waals surface area contributed by atoms with E-state index in [0.717, 1.165) is 11.1 Å². The first kappa shape index (κ1) is 17.8. The van der Waals surface area contributed by atoms with Crippen LogP contribution >= 0.6 is 23.2 Å². The van der Waals surface area contributed by atoms with E-state index >= 15 is 0 Å². The van der Waals surface area contributed by atoms with Gasteiger partial charge in [0, 0.05) is 15.6 Å². The average molecular weight is 392 g/mol. The van der Waals surface area contributed by atoms with Gasteiger partial charge in [-0.3, -0.25) is 4.72 Å². The second-order valence-corrected chi connectivity index (χ2v) is 8.03. The number of rotatable bonds is 4. The van der Waals surface area contributed by atoms with Gasteiger partial charge in [-0.25, -0.2) is 8.42 Å². The fourth-order valence-electron chi connectivity index (χ4n) is 2.43. The van der Waals surface area contributed by atoms with Crippen LogP contribution in [0.1, 0.15) is 5.56 Å². The highest BCUT2D eigenvalue weighted by molar-refractivity contribution is 7.92. The first-order chi connectivity index (χ1) is 11.9. The summed E-state index contributed by atoms with van der Waals surface area (Å²) in [6.45, 7) is 1.83. The number of anilines is 1. The van der Waals surface area contributed by atoms with Gasteiger partial charge < -0.3 is 0 Å². The van der Waals surface area contributed by atoms with Gasteiger partial charge >= 0.3 is 0 Å². The van der Waals surface area contributed by atoms with Crippen molar-refractivity contribution in [1.29, 1.82) is 0 Å². The molecule has 3 aromatic carbocycles. The molecule has 0 aliphatic rings. The third-order valence-corrected chi connectivity index (χ3v) is 5.98. The summed E-state index contributed by atoms with van der Waals surface area (Å²) >= 11 is 12.5. The molecule has 0 aliphatic carbocycles. The van der Waals surface area contributed by atoms with E-state index in [1.807, 2.05) is 19.1 Å². The van der Waals surface area contributed by atoms with Crippen LogP contribution in [0.3, 0.4) is 0 Å². The highest BCUT2D eigenvalue weighted by atomic mass is 35.5. The van der Waals surface area contributed by atoms with Gasteiger partial charge in [0.2, 0.25) is 0 Å². The van der Waals surface area contributed by atoms with Gasteiger partial charge in [-0.05, 0) is 48.4 Å². The molecule has 0 saturated carbocycles. The fraction of sp³-hybridized carbons (Fsp3) is 0.0526. The Kier molecular flexibility index (Phi) is 5.04. The van der Waals surface area contributed by atoms with Crippen molar-refractivity contribution in [3.05, 3.63) is 82.3 Å².